The van der Waals surface area contributed by atoms with Crippen LogP contribution in [0.2, 0.25) is 0 Å². The first-order valence-electron chi connectivity index (χ1n) is 6.08. The average molecular weight is 253 g/mol. The zero-order valence-corrected chi connectivity index (χ0v) is 11.2. The quantitative estimate of drug-likeness (QED) is 0.820. The van der Waals surface area contributed by atoms with Gasteiger partial charge in [0, 0.05) is 12.5 Å². The summed E-state index contributed by atoms with van der Waals surface area (Å²) in [5.41, 5.74) is 1.48. The molecule has 4 nitrogen and oxygen atoms in total. The second-order valence-electron chi connectivity index (χ2n) is 4.46. The standard InChI is InChI=1S/C12H19N3OS/c1-9(2)11-14-15-12(17-11)13-6-3-10-4-7-16-8-5-10/h4,9H,3,5-8H2,1-2H3,(H,13,15). The lowest BCUT2D eigenvalue weighted by atomic mass is 10.1. The molecule has 1 aliphatic rings. The Morgan fingerprint density at radius 1 is 1.47 bits per heavy atom. The van der Waals surface area contributed by atoms with Gasteiger partial charge in [0.25, 0.3) is 0 Å². The Morgan fingerprint density at radius 3 is 3.00 bits per heavy atom. The molecule has 2 rings (SSSR count). The van der Waals surface area contributed by atoms with Gasteiger partial charge in [-0.25, -0.2) is 0 Å². The predicted octanol–water partition coefficient (Wildman–Crippen LogP) is 2.81. The number of ether oxygens (including phenoxy) is 1. The molecule has 94 valence electrons. The van der Waals surface area contributed by atoms with Gasteiger partial charge in [0.15, 0.2) is 0 Å². The summed E-state index contributed by atoms with van der Waals surface area (Å²) in [7, 11) is 0. The largest absolute Gasteiger partial charge is 0.377 e. The fourth-order valence-electron chi connectivity index (χ4n) is 1.66. The molecule has 0 saturated heterocycles. The third-order valence-corrected chi connectivity index (χ3v) is 3.90. The summed E-state index contributed by atoms with van der Waals surface area (Å²) in [5, 5.41) is 13.6. The van der Waals surface area contributed by atoms with Gasteiger partial charge >= 0.3 is 0 Å². The van der Waals surface area contributed by atoms with Gasteiger partial charge in [0.2, 0.25) is 5.13 Å². The maximum Gasteiger partial charge on any atom is 0.205 e. The molecule has 0 aromatic carbocycles. The normalized spacial score (nSPS) is 16.1. The topological polar surface area (TPSA) is 47.0 Å². The summed E-state index contributed by atoms with van der Waals surface area (Å²) in [6.07, 6.45) is 4.32. The molecule has 1 aromatic rings. The van der Waals surface area contributed by atoms with Crippen LogP contribution in [0.25, 0.3) is 0 Å². The van der Waals surface area contributed by atoms with Crippen molar-refractivity contribution in [3.8, 4) is 0 Å². The van der Waals surface area contributed by atoms with Crippen LogP contribution in [0.1, 0.15) is 37.6 Å². The molecule has 0 unspecified atom stereocenters. The van der Waals surface area contributed by atoms with Crippen molar-refractivity contribution < 1.29 is 4.74 Å². The molecule has 0 aliphatic carbocycles. The Morgan fingerprint density at radius 2 is 2.35 bits per heavy atom. The Labute approximate surface area is 106 Å². The smallest absolute Gasteiger partial charge is 0.205 e. The van der Waals surface area contributed by atoms with Crippen molar-refractivity contribution in [1.29, 1.82) is 0 Å². The maximum absolute atomic E-state index is 5.28. The van der Waals surface area contributed by atoms with Crippen LogP contribution in [0.15, 0.2) is 11.6 Å². The van der Waals surface area contributed by atoms with Crippen LogP contribution < -0.4 is 5.32 Å². The molecular formula is C12H19N3OS. The molecule has 5 heteroatoms. The molecule has 1 aliphatic heterocycles. The van der Waals surface area contributed by atoms with Gasteiger partial charge in [-0.2, -0.15) is 0 Å². The monoisotopic (exact) mass is 253 g/mol. The second-order valence-corrected chi connectivity index (χ2v) is 5.47. The first-order valence-corrected chi connectivity index (χ1v) is 6.90. The van der Waals surface area contributed by atoms with E-state index in [1.165, 1.54) is 5.57 Å². The van der Waals surface area contributed by atoms with Crippen LogP contribution in [0.3, 0.4) is 0 Å². The summed E-state index contributed by atoms with van der Waals surface area (Å²) in [6.45, 7) is 6.83. The van der Waals surface area contributed by atoms with E-state index in [0.29, 0.717) is 5.92 Å². The van der Waals surface area contributed by atoms with E-state index in [-0.39, 0.29) is 0 Å². The second kappa shape index (κ2) is 6.12. The van der Waals surface area contributed by atoms with Gasteiger partial charge in [-0.05, 0) is 12.8 Å². The van der Waals surface area contributed by atoms with Crippen molar-refractivity contribution in [1.82, 2.24) is 10.2 Å². The summed E-state index contributed by atoms with van der Waals surface area (Å²) >= 11 is 1.65. The van der Waals surface area contributed by atoms with E-state index in [9.17, 15) is 0 Å². The minimum Gasteiger partial charge on any atom is -0.377 e. The number of anilines is 1. The summed E-state index contributed by atoms with van der Waals surface area (Å²) in [4.78, 5) is 0. The lowest BCUT2D eigenvalue weighted by Crippen LogP contribution is -2.08. The molecule has 0 saturated carbocycles. The zero-order chi connectivity index (χ0) is 12.1. The average Bonchev–Trinajstić information content (AvgIpc) is 2.79. The fraction of sp³-hybridized carbons (Fsp3) is 0.667. The van der Waals surface area contributed by atoms with Crippen molar-refractivity contribution in [2.75, 3.05) is 25.1 Å². The van der Waals surface area contributed by atoms with Gasteiger partial charge in [0.05, 0.1) is 13.2 Å². The zero-order valence-electron chi connectivity index (χ0n) is 10.4. The van der Waals surface area contributed by atoms with E-state index < -0.39 is 0 Å². The summed E-state index contributed by atoms with van der Waals surface area (Å²) in [5.74, 6) is 0.459. The Hall–Kier alpha value is -0.940. The van der Waals surface area contributed by atoms with Crippen LogP contribution in [0, 0.1) is 0 Å². The third-order valence-electron chi connectivity index (χ3n) is 2.71. The van der Waals surface area contributed by atoms with E-state index in [1.54, 1.807) is 11.3 Å². The minimum absolute atomic E-state index is 0.459. The SMILES string of the molecule is CC(C)c1nnc(NCCC2=CCOCC2)s1. The van der Waals surface area contributed by atoms with Crippen molar-refractivity contribution in [3.05, 3.63) is 16.7 Å². The van der Waals surface area contributed by atoms with Gasteiger partial charge in [-0.1, -0.05) is 36.8 Å². The molecule has 1 N–H and O–H groups in total. The molecule has 0 fully saturated rings. The molecule has 0 spiro atoms. The molecule has 0 atom stereocenters. The van der Waals surface area contributed by atoms with Gasteiger partial charge in [-0.3, -0.25) is 0 Å². The van der Waals surface area contributed by atoms with E-state index in [4.69, 9.17) is 4.74 Å². The maximum atomic E-state index is 5.28. The van der Waals surface area contributed by atoms with Crippen LogP contribution in [-0.2, 0) is 4.74 Å². The highest BCUT2D eigenvalue weighted by Gasteiger charge is 2.08. The van der Waals surface area contributed by atoms with Crippen molar-refractivity contribution in [3.63, 3.8) is 0 Å². The van der Waals surface area contributed by atoms with Gasteiger partial charge < -0.3 is 10.1 Å². The van der Waals surface area contributed by atoms with Gasteiger partial charge in [0.1, 0.15) is 5.01 Å². The van der Waals surface area contributed by atoms with Crippen LogP contribution >= 0.6 is 11.3 Å². The lowest BCUT2D eigenvalue weighted by molar-refractivity contribution is 0.153. The van der Waals surface area contributed by atoms with Crippen LogP contribution in [0.5, 0.6) is 0 Å². The van der Waals surface area contributed by atoms with Crippen molar-refractivity contribution in [2.45, 2.75) is 32.6 Å². The molecule has 1 aromatic heterocycles. The predicted molar refractivity (Wildman–Crippen MR) is 70.6 cm³/mol. The first-order chi connectivity index (χ1) is 8.25. The first kappa shape index (κ1) is 12.5. The molecule has 17 heavy (non-hydrogen) atoms. The fourth-order valence-corrected chi connectivity index (χ4v) is 2.43. The van der Waals surface area contributed by atoms with E-state index in [0.717, 1.165) is 42.7 Å². The molecule has 0 bridgehead atoms. The molecule has 0 amide bonds. The van der Waals surface area contributed by atoms with Crippen molar-refractivity contribution in [2.24, 2.45) is 0 Å². The number of hydrogen-bond donors (Lipinski definition) is 1. The number of rotatable bonds is 5. The Balaban J connectivity index is 1.75. The highest BCUT2D eigenvalue weighted by Crippen LogP contribution is 2.22. The van der Waals surface area contributed by atoms with E-state index in [2.05, 4.69) is 35.4 Å². The number of hydrogen-bond acceptors (Lipinski definition) is 5. The number of aromatic nitrogens is 2. The van der Waals surface area contributed by atoms with E-state index >= 15 is 0 Å². The summed E-state index contributed by atoms with van der Waals surface area (Å²) in [6, 6.07) is 0. The highest BCUT2D eigenvalue weighted by atomic mass is 32.1. The van der Waals surface area contributed by atoms with Gasteiger partial charge in [-0.15, -0.1) is 10.2 Å². The highest BCUT2D eigenvalue weighted by molar-refractivity contribution is 7.15. The minimum atomic E-state index is 0.459. The number of nitrogens with one attached hydrogen (secondary N) is 1. The Kier molecular flexibility index (Phi) is 4.50. The lowest BCUT2D eigenvalue weighted by Gasteiger charge is -2.13. The molecule has 0 radical (unpaired) electrons. The van der Waals surface area contributed by atoms with Crippen molar-refractivity contribution >= 4 is 16.5 Å². The molecular weight excluding hydrogens is 234 g/mol. The number of nitrogens with zero attached hydrogens (tertiary/aromatic N) is 2. The third kappa shape index (κ3) is 3.78. The Bertz CT molecular complexity index is 387. The summed E-state index contributed by atoms with van der Waals surface area (Å²) < 4.78 is 5.28. The molecule has 2 heterocycles. The van der Waals surface area contributed by atoms with Crippen LogP contribution in [0.4, 0.5) is 5.13 Å². The van der Waals surface area contributed by atoms with Crippen LogP contribution in [-0.4, -0.2) is 30.0 Å². The van der Waals surface area contributed by atoms with E-state index in [1.807, 2.05) is 0 Å².